The smallest absolute Gasteiger partial charge is 0.317 e. The van der Waals surface area contributed by atoms with Gasteiger partial charge in [-0.3, -0.25) is 4.79 Å². The molecule has 2 aromatic carbocycles. The second-order valence-electron chi connectivity index (χ2n) is 7.74. The summed E-state index contributed by atoms with van der Waals surface area (Å²) in [6.07, 6.45) is 3.03. The summed E-state index contributed by atoms with van der Waals surface area (Å²) in [5.74, 6) is -0.358. The molecule has 3 amide bonds. The summed E-state index contributed by atoms with van der Waals surface area (Å²) < 4.78 is 0. The number of likely N-dealkylation sites (tertiary alicyclic amines) is 1. The van der Waals surface area contributed by atoms with Gasteiger partial charge in [0.25, 0.3) is 0 Å². The normalized spacial score (nSPS) is 17.2. The maximum Gasteiger partial charge on any atom is 0.317 e. The Kier molecular flexibility index (Phi) is 6.34. The van der Waals surface area contributed by atoms with Crippen LogP contribution in [0.15, 0.2) is 60.7 Å². The molecule has 2 aromatic rings. The lowest BCUT2D eigenvalue weighted by atomic mass is 9.76. The number of hydrogen-bond donors (Lipinski definition) is 2. The highest BCUT2D eigenvalue weighted by Gasteiger charge is 2.32. The van der Waals surface area contributed by atoms with E-state index in [-0.39, 0.29) is 29.8 Å². The van der Waals surface area contributed by atoms with Crippen LogP contribution in [0.3, 0.4) is 0 Å². The van der Waals surface area contributed by atoms with Crippen LogP contribution in [0.25, 0.3) is 0 Å². The highest BCUT2D eigenvalue weighted by molar-refractivity contribution is 5.78. The summed E-state index contributed by atoms with van der Waals surface area (Å²) in [5.41, 5.74) is 7.32. The van der Waals surface area contributed by atoms with Gasteiger partial charge in [0.1, 0.15) is 0 Å². The van der Waals surface area contributed by atoms with Crippen molar-refractivity contribution in [3.05, 3.63) is 71.8 Å². The molecular weight excluding hydrogens is 350 g/mol. The van der Waals surface area contributed by atoms with Crippen molar-refractivity contribution in [2.45, 2.75) is 44.1 Å². The van der Waals surface area contributed by atoms with Gasteiger partial charge < -0.3 is 16.0 Å². The van der Waals surface area contributed by atoms with Gasteiger partial charge in [-0.05, 0) is 37.3 Å². The minimum atomic E-state index is -0.358. The van der Waals surface area contributed by atoms with Crippen LogP contribution in [0.4, 0.5) is 4.79 Å². The molecule has 0 aromatic heterocycles. The van der Waals surface area contributed by atoms with E-state index in [1.807, 2.05) is 36.4 Å². The first-order valence-electron chi connectivity index (χ1n) is 9.94. The van der Waals surface area contributed by atoms with E-state index in [0.717, 1.165) is 30.4 Å². The van der Waals surface area contributed by atoms with Gasteiger partial charge in [0, 0.05) is 31.0 Å². The summed E-state index contributed by atoms with van der Waals surface area (Å²) in [4.78, 5) is 26.1. The summed E-state index contributed by atoms with van der Waals surface area (Å²) in [6, 6.07) is 20.2. The second kappa shape index (κ2) is 8.91. The quantitative estimate of drug-likeness (QED) is 0.807. The van der Waals surface area contributed by atoms with Gasteiger partial charge in [-0.1, -0.05) is 60.7 Å². The number of benzene rings is 2. The average Bonchev–Trinajstić information content (AvgIpc) is 2.73. The Balaban J connectivity index is 1.78. The third-order valence-electron chi connectivity index (χ3n) is 5.74. The fourth-order valence-electron chi connectivity index (χ4n) is 4.05. The van der Waals surface area contributed by atoms with Crippen molar-refractivity contribution in [3.63, 3.8) is 0 Å². The number of nitrogens with two attached hydrogens (primary N) is 1. The maximum absolute atomic E-state index is 13.0. The van der Waals surface area contributed by atoms with E-state index in [2.05, 4.69) is 36.5 Å². The van der Waals surface area contributed by atoms with Crippen molar-refractivity contribution in [3.8, 4) is 0 Å². The van der Waals surface area contributed by atoms with Crippen LogP contribution in [-0.2, 0) is 10.2 Å². The minimum Gasteiger partial charge on any atom is -0.370 e. The van der Waals surface area contributed by atoms with Gasteiger partial charge in [-0.2, -0.15) is 0 Å². The summed E-state index contributed by atoms with van der Waals surface area (Å²) in [6.45, 7) is 3.28. The Bertz CT molecular complexity index is 753. The zero-order valence-corrected chi connectivity index (χ0v) is 16.4. The van der Waals surface area contributed by atoms with E-state index >= 15 is 0 Å². The molecule has 28 heavy (non-hydrogen) atoms. The lowest BCUT2D eigenvalue weighted by Crippen LogP contribution is -2.52. The zero-order chi connectivity index (χ0) is 20.0. The number of piperidine rings is 1. The molecule has 1 heterocycles. The standard InChI is InChI=1S/C23H29N3O2/c1-23(18-10-4-2-5-11-18,19-12-6-3-7-13-19)17-25-22(28)26-15-9-8-14-20(26)16-21(24)27/h2-7,10-13,20H,8-9,14-17H2,1H3,(H2,24,27)(H,25,28)/t20-/m0/s1. The van der Waals surface area contributed by atoms with Crippen LogP contribution in [0.2, 0.25) is 0 Å². The highest BCUT2D eigenvalue weighted by Crippen LogP contribution is 2.31. The fraction of sp³-hybridized carbons (Fsp3) is 0.391. The molecule has 3 rings (SSSR count). The molecule has 1 fully saturated rings. The van der Waals surface area contributed by atoms with Gasteiger partial charge in [0.15, 0.2) is 0 Å². The third-order valence-corrected chi connectivity index (χ3v) is 5.74. The van der Waals surface area contributed by atoms with Crippen LogP contribution in [-0.4, -0.2) is 36.0 Å². The third kappa shape index (κ3) is 4.53. The number of nitrogens with zero attached hydrogens (tertiary/aromatic N) is 1. The molecule has 0 unspecified atom stereocenters. The predicted octanol–water partition coefficient (Wildman–Crippen LogP) is 3.43. The van der Waals surface area contributed by atoms with Crippen LogP contribution in [0, 0.1) is 0 Å². The summed E-state index contributed by atoms with van der Waals surface area (Å²) in [5, 5.41) is 3.13. The Labute approximate surface area is 166 Å². The van der Waals surface area contributed by atoms with Crippen LogP contribution < -0.4 is 11.1 Å². The van der Waals surface area contributed by atoms with E-state index in [4.69, 9.17) is 5.73 Å². The zero-order valence-electron chi connectivity index (χ0n) is 16.4. The number of carbonyl (C=O) groups excluding carboxylic acids is 2. The van der Waals surface area contributed by atoms with Gasteiger partial charge in [0.05, 0.1) is 0 Å². The predicted molar refractivity (Wildman–Crippen MR) is 111 cm³/mol. The highest BCUT2D eigenvalue weighted by atomic mass is 16.2. The lowest BCUT2D eigenvalue weighted by Gasteiger charge is -2.37. The second-order valence-corrected chi connectivity index (χ2v) is 7.74. The number of amides is 3. The molecule has 0 bridgehead atoms. The Hall–Kier alpha value is -2.82. The van der Waals surface area contributed by atoms with Gasteiger partial charge in [-0.15, -0.1) is 0 Å². The number of nitrogens with one attached hydrogen (secondary N) is 1. The van der Waals surface area contributed by atoms with Crippen molar-refractivity contribution in [2.24, 2.45) is 5.73 Å². The van der Waals surface area contributed by atoms with E-state index in [1.165, 1.54) is 0 Å². The monoisotopic (exact) mass is 379 g/mol. The number of rotatable bonds is 6. The first-order chi connectivity index (χ1) is 13.5. The van der Waals surface area contributed by atoms with Crippen molar-refractivity contribution in [2.75, 3.05) is 13.1 Å². The minimum absolute atomic E-state index is 0.106. The number of hydrogen-bond acceptors (Lipinski definition) is 2. The van der Waals surface area contributed by atoms with E-state index in [1.54, 1.807) is 4.90 Å². The SMILES string of the molecule is CC(CNC(=O)N1CCCC[C@H]1CC(N)=O)(c1ccccc1)c1ccccc1. The summed E-state index contributed by atoms with van der Waals surface area (Å²) >= 11 is 0. The maximum atomic E-state index is 13.0. The van der Waals surface area contributed by atoms with Crippen molar-refractivity contribution < 1.29 is 9.59 Å². The van der Waals surface area contributed by atoms with Crippen molar-refractivity contribution >= 4 is 11.9 Å². The molecule has 5 nitrogen and oxygen atoms in total. The van der Waals surface area contributed by atoms with E-state index in [0.29, 0.717) is 13.1 Å². The molecule has 1 aliphatic heterocycles. The largest absolute Gasteiger partial charge is 0.370 e. The Morgan fingerprint density at radius 2 is 1.61 bits per heavy atom. The van der Waals surface area contributed by atoms with E-state index in [9.17, 15) is 9.59 Å². The first kappa shape index (κ1) is 19.9. The molecule has 0 aliphatic carbocycles. The van der Waals surface area contributed by atoms with Crippen LogP contribution >= 0.6 is 0 Å². The molecule has 5 heteroatoms. The van der Waals surface area contributed by atoms with Gasteiger partial charge in [-0.25, -0.2) is 4.79 Å². The first-order valence-corrected chi connectivity index (χ1v) is 9.94. The van der Waals surface area contributed by atoms with Crippen LogP contribution in [0.1, 0.15) is 43.7 Å². The topological polar surface area (TPSA) is 75.4 Å². The van der Waals surface area contributed by atoms with Crippen molar-refractivity contribution in [1.29, 1.82) is 0 Å². The van der Waals surface area contributed by atoms with E-state index < -0.39 is 0 Å². The number of urea groups is 1. The number of primary amides is 1. The molecule has 1 saturated heterocycles. The Morgan fingerprint density at radius 3 is 2.14 bits per heavy atom. The fourth-order valence-corrected chi connectivity index (χ4v) is 4.05. The molecule has 148 valence electrons. The lowest BCUT2D eigenvalue weighted by molar-refractivity contribution is -0.119. The van der Waals surface area contributed by atoms with Crippen LogP contribution in [0.5, 0.6) is 0 Å². The molecular formula is C23H29N3O2. The Morgan fingerprint density at radius 1 is 1.04 bits per heavy atom. The van der Waals surface area contributed by atoms with Gasteiger partial charge >= 0.3 is 6.03 Å². The molecule has 0 radical (unpaired) electrons. The summed E-state index contributed by atoms with van der Waals surface area (Å²) in [7, 11) is 0. The molecule has 1 aliphatic rings. The molecule has 0 spiro atoms. The number of carbonyl (C=O) groups is 2. The average molecular weight is 380 g/mol. The van der Waals surface area contributed by atoms with Crippen molar-refractivity contribution in [1.82, 2.24) is 10.2 Å². The molecule has 0 saturated carbocycles. The molecule has 3 N–H and O–H groups in total. The molecule has 1 atom stereocenters. The van der Waals surface area contributed by atoms with Gasteiger partial charge in [0.2, 0.25) is 5.91 Å².